The molecular formula is C31H33ClN4O3. The Morgan fingerprint density at radius 3 is 2.69 bits per heavy atom. The van der Waals surface area contributed by atoms with Crippen molar-refractivity contribution in [1.29, 1.82) is 0 Å². The number of hydrogen-bond donors (Lipinski definition) is 2. The van der Waals surface area contributed by atoms with Crippen LogP contribution in [-0.4, -0.2) is 50.0 Å². The van der Waals surface area contributed by atoms with Gasteiger partial charge in [0.05, 0.1) is 30.0 Å². The molecule has 202 valence electrons. The van der Waals surface area contributed by atoms with Gasteiger partial charge >= 0.3 is 6.03 Å². The minimum atomic E-state index is -0.352. The summed E-state index contributed by atoms with van der Waals surface area (Å²) in [5.74, 6) is 7.19. The van der Waals surface area contributed by atoms with Gasteiger partial charge in [0, 0.05) is 48.6 Å². The Kier molecular flexibility index (Phi) is 9.34. The first kappa shape index (κ1) is 27.0. The van der Waals surface area contributed by atoms with Gasteiger partial charge in [-0.05, 0) is 68.1 Å². The summed E-state index contributed by atoms with van der Waals surface area (Å²) in [5.41, 5.74) is 3.75. The highest BCUT2D eigenvalue weighted by atomic mass is 35.5. The molecule has 2 fully saturated rings. The lowest BCUT2D eigenvalue weighted by molar-refractivity contribution is -0.0481. The molecule has 39 heavy (non-hydrogen) atoms. The maximum Gasteiger partial charge on any atom is 0.323 e. The van der Waals surface area contributed by atoms with Gasteiger partial charge in [0.2, 0.25) is 0 Å². The van der Waals surface area contributed by atoms with Crippen molar-refractivity contribution in [3.05, 3.63) is 71.2 Å². The zero-order chi connectivity index (χ0) is 26.9. The van der Waals surface area contributed by atoms with Gasteiger partial charge in [0.25, 0.3) is 0 Å². The Morgan fingerprint density at radius 1 is 1.05 bits per heavy atom. The van der Waals surface area contributed by atoms with Gasteiger partial charge in [-0.3, -0.25) is 0 Å². The summed E-state index contributed by atoms with van der Waals surface area (Å²) in [6.45, 7) is 4.11. The lowest BCUT2D eigenvalue weighted by atomic mass is 10.1. The third kappa shape index (κ3) is 7.73. The zero-order valence-corrected chi connectivity index (χ0v) is 22.7. The van der Waals surface area contributed by atoms with Crippen molar-refractivity contribution < 1.29 is 14.3 Å². The molecule has 2 aromatic carbocycles. The van der Waals surface area contributed by atoms with E-state index in [1.165, 1.54) is 12.8 Å². The number of carbonyl (C=O) groups is 1. The van der Waals surface area contributed by atoms with Crippen LogP contribution in [-0.2, 0) is 9.47 Å². The molecule has 2 saturated heterocycles. The molecule has 0 radical (unpaired) electrons. The van der Waals surface area contributed by atoms with Crippen LogP contribution >= 0.6 is 11.6 Å². The maximum atomic E-state index is 12.8. The summed E-state index contributed by atoms with van der Waals surface area (Å²) in [4.78, 5) is 19.9. The molecular weight excluding hydrogens is 512 g/mol. The summed E-state index contributed by atoms with van der Waals surface area (Å²) in [5, 5.41) is 6.32. The first-order valence-corrected chi connectivity index (χ1v) is 13.9. The molecule has 2 amide bonds. The molecule has 0 aliphatic carbocycles. The second-order valence-electron chi connectivity index (χ2n) is 9.69. The standard InChI is InChI=1S/C31H33ClN4O3/c32-28-15-14-26(20-23(28)8-1-4-19-39-27-11-7-18-38-22-27)34-31(37)33-25-10-5-9-24(21-25)29-12-6-13-30(35-29)36-16-2-3-17-36/h5-6,9-10,12-15,20-21,27H,2-4,7,11,16-19,22H2,(H2,33,34,37). The van der Waals surface area contributed by atoms with Crippen molar-refractivity contribution in [2.45, 2.75) is 38.2 Å². The molecule has 2 aliphatic rings. The number of rotatable bonds is 7. The van der Waals surface area contributed by atoms with Crippen molar-refractivity contribution in [1.82, 2.24) is 4.98 Å². The van der Waals surface area contributed by atoms with Gasteiger partial charge in [0.1, 0.15) is 5.82 Å². The predicted octanol–water partition coefficient (Wildman–Crippen LogP) is 6.58. The van der Waals surface area contributed by atoms with Crippen molar-refractivity contribution >= 4 is 34.8 Å². The fraction of sp³-hybridized carbons (Fsp3) is 0.355. The van der Waals surface area contributed by atoms with Crippen molar-refractivity contribution in [2.75, 3.05) is 48.4 Å². The van der Waals surface area contributed by atoms with Gasteiger partial charge in [0.15, 0.2) is 0 Å². The van der Waals surface area contributed by atoms with E-state index in [1.54, 1.807) is 18.2 Å². The number of urea groups is 1. The smallest absolute Gasteiger partial charge is 0.323 e. The van der Waals surface area contributed by atoms with Crippen LogP contribution in [0.2, 0.25) is 5.02 Å². The zero-order valence-electron chi connectivity index (χ0n) is 21.9. The molecule has 2 aliphatic heterocycles. The highest BCUT2D eigenvalue weighted by Gasteiger charge is 2.15. The van der Waals surface area contributed by atoms with Gasteiger partial charge < -0.3 is 25.0 Å². The minimum absolute atomic E-state index is 0.159. The number of nitrogens with one attached hydrogen (secondary N) is 2. The number of benzene rings is 2. The Balaban J connectivity index is 1.17. The topological polar surface area (TPSA) is 75.7 Å². The molecule has 1 aromatic heterocycles. The second kappa shape index (κ2) is 13.5. The van der Waals surface area contributed by atoms with Crippen LogP contribution in [0.4, 0.5) is 22.0 Å². The monoisotopic (exact) mass is 544 g/mol. The highest BCUT2D eigenvalue weighted by Crippen LogP contribution is 2.25. The highest BCUT2D eigenvalue weighted by molar-refractivity contribution is 6.31. The third-order valence-electron chi connectivity index (χ3n) is 6.73. The van der Waals surface area contributed by atoms with Gasteiger partial charge in [-0.2, -0.15) is 0 Å². The van der Waals surface area contributed by atoms with Crippen LogP contribution in [0, 0.1) is 11.8 Å². The Morgan fingerprint density at radius 2 is 1.87 bits per heavy atom. The first-order valence-electron chi connectivity index (χ1n) is 13.5. The quantitative estimate of drug-likeness (QED) is 0.259. The SMILES string of the molecule is O=C(Nc1cccc(-c2cccc(N3CCCC3)n2)c1)Nc1ccc(Cl)c(C#CCCOC2CCCOC2)c1. The second-order valence-corrected chi connectivity index (χ2v) is 10.1. The van der Waals surface area contributed by atoms with Crippen LogP contribution in [0.5, 0.6) is 0 Å². The number of amides is 2. The van der Waals surface area contributed by atoms with Crippen molar-refractivity contribution in [3.63, 3.8) is 0 Å². The summed E-state index contributed by atoms with van der Waals surface area (Å²) in [7, 11) is 0. The Hall–Kier alpha value is -3.57. The van der Waals surface area contributed by atoms with E-state index in [1.807, 2.05) is 36.4 Å². The van der Waals surface area contributed by atoms with E-state index in [0.717, 1.165) is 49.6 Å². The molecule has 5 rings (SSSR count). The normalized spacial score (nSPS) is 16.8. The molecule has 1 unspecified atom stereocenters. The summed E-state index contributed by atoms with van der Waals surface area (Å²) >= 11 is 6.34. The number of halogens is 1. The maximum absolute atomic E-state index is 12.8. The number of nitrogens with zero attached hydrogens (tertiary/aromatic N) is 2. The van der Waals surface area contributed by atoms with E-state index in [2.05, 4.69) is 33.4 Å². The number of ether oxygens (including phenoxy) is 2. The van der Waals surface area contributed by atoms with E-state index in [-0.39, 0.29) is 12.1 Å². The molecule has 1 atom stereocenters. The molecule has 0 saturated carbocycles. The lowest BCUT2D eigenvalue weighted by Gasteiger charge is -2.21. The number of carbonyl (C=O) groups excluding carboxylic acids is 1. The van der Waals surface area contributed by atoms with Gasteiger partial charge in [-0.25, -0.2) is 9.78 Å². The lowest BCUT2D eigenvalue weighted by Crippen LogP contribution is -2.25. The van der Waals surface area contributed by atoms with Gasteiger partial charge in [-0.15, -0.1) is 0 Å². The number of pyridine rings is 1. The predicted molar refractivity (Wildman–Crippen MR) is 157 cm³/mol. The number of aromatic nitrogens is 1. The fourth-order valence-corrected chi connectivity index (χ4v) is 4.90. The molecule has 2 N–H and O–H groups in total. The molecule has 0 spiro atoms. The van der Waals surface area contributed by atoms with Crippen LogP contribution in [0.1, 0.15) is 37.7 Å². The summed E-state index contributed by atoms with van der Waals surface area (Å²) < 4.78 is 11.2. The molecule has 3 aromatic rings. The summed E-state index contributed by atoms with van der Waals surface area (Å²) in [6.07, 6.45) is 5.22. The first-order chi connectivity index (χ1) is 19.1. The molecule has 7 nitrogen and oxygen atoms in total. The average Bonchev–Trinajstić information content (AvgIpc) is 3.51. The Bertz CT molecular complexity index is 1340. The average molecular weight is 545 g/mol. The van der Waals surface area contributed by atoms with Crippen LogP contribution in [0.15, 0.2) is 60.7 Å². The van der Waals surface area contributed by atoms with Crippen LogP contribution < -0.4 is 15.5 Å². The molecule has 0 bridgehead atoms. The fourth-order valence-electron chi connectivity index (χ4n) is 4.73. The van der Waals surface area contributed by atoms with Crippen molar-refractivity contribution in [3.8, 4) is 23.1 Å². The van der Waals surface area contributed by atoms with Gasteiger partial charge in [-0.1, -0.05) is 41.6 Å². The van der Waals surface area contributed by atoms with E-state index in [4.69, 9.17) is 26.1 Å². The number of anilines is 3. The minimum Gasteiger partial charge on any atom is -0.379 e. The molecule has 3 heterocycles. The third-order valence-corrected chi connectivity index (χ3v) is 7.06. The van der Waals surface area contributed by atoms with E-state index < -0.39 is 0 Å². The molecule has 8 heteroatoms. The summed E-state index contributed by atoms with van der Waals surface area (Å²) in [6, 6.07) is 18.7. The van der Waals surface area contributed by atoms with Crippen LogP contribution in [0.3, 0.4) is 0 Å². The largest absolute Gasteiger partial charge is 0.379 e. The van der Waals surface area contributed by atoms with E-state index in [0.29, 0.717) is 41.6 Å². The number of hydrogen-bond acceptors (Lipinski definition) is 5. The van der Waals surface area contributed by atoms with E-state index in [9.17, 15) is 4.79 Å². The Labute approximate surface area is 234 Å². The van der Waals surface area contributed by atoms with E-state index >= 15 is 0 Å². The van der Waals surface area contributed by atoms with Crippen LogP contribution in [0.25, 0.3) is 11.3 Å². The van der Waals surface area contributed by atoms with Crippen molar-refractivity contribution in [2.24, 2.45) is 0 Å².